The van der Waals surface area contributed by atoms with E-state index in [0.717, 1.165) is 11.1 Å². The summed E-state index contributed by atoms with van der Waals surface area (Å²) in [5.74, 6) is 0.787. The number of hydrogen-bond donors (Lipinski definition) is 2. The van der Waals surface area contributed by atoms with Crippen LogP contribution in [0.15, 0.2) is 42.5 Å². The lowest BCUT2D eigenvalue weighted by Crippen LogP contribution is -2.37. The van der Waals surface area contributed by atoms with Crippen LogP contribution in [0, 0.1) is 12.8 Å². The van der Waals surface area contributed by atoms with Crippen LogP contribution in [-0.4, -0.2) is 24.2 Å². The molecule has 0 fully saturated rings. The predicted octanol–water partition coefficient (Wildman–Crippen LogP) is 4.17. The van der Waals surface area contributed by atoms with E-state index in [9.17, 15) is 9.90 Å². The largest absolute Gasteiger partial charge is 0.493 e. The number of carboxylic acid groups (broad SMARTS) is 1. The summed E-state index contributed by atoms with van der Waals surface area (Å²) in [6.45, 7) is 7.00. The molecule has 146 valence electrons. The third-order valence-electron chi connectivity index (χ3n) is 4.30. The van der Waals surface area contributed by atoms with Gasteiger partial charge in [0.05, 0.1) is 7.11 Å². The highest BCUT2D eigenvalue weighted by atomic mass is 16.5. The Balaban J connectivity index is 2.00. The molecule has 27 heavy (non-hydrogen) atoms. The lowest BCUT2D eigenvalue weighted by atomic mass is 10.0. The number of aliphatic carboxylic acids is 1. The molecule has 0 aliphatic rings. The second kappa shape index (κ2) is 9.97. The van der Waals surface area contributed by atoms with Crippen molar-refractivity contribution in [2.75, 3.05) is 7.11 Å². The van der Waals surface area contributed by atoms with Crippen molar-refractivity contribution in [1.82, 2.24) is 5.32 Å². The number of hydrogen-bond acceptors (Lipinski definition) is 4. The first-order valence-electron chi connectivity index (χ1n) is 9.20. The Morgan fingerprint density at radius 3 is 2.33 bits per heavy atom. The summed E-state index contributed by atoms with van der Waals surface area (Å²) >= 11 is 0. The maximum absolute atomic E-state index is 11.4. The fraction of sp³-hybridized carbons (Fsp3) is 0.409. The number of carbonyl (C=O) groups is 1. The van der Waals surface area contributed by atoms with Crippen LogP contribution in [0.5, 0.6) is 11.5 Å². The van der Waals surface area contributed by atoms with Crippen molar-refractivity contribution >= 4 is 5.97 Å². The highest BCUT2D eigenvalue weighted by Gasteiger charge is 2.18. The number of methoxy groups -OCH3 is 1. The molecular weight excluding hydrogens is 342 g/mol. The van der Waals surface area contributed by atoms with Crippen LogP contribution in [0.2, 0.25) is 0 Å². The van der Waals surface area contributed by atoms with Crippen molar-refractivity contribution in [2.24, 2.45) is 5.92 Å². The molecular formula is C22H29NO4. The molecule has 0 radical (unpaired) electrons. The van der Waals surface area contributed by atoms with Gasteiger partial charge in [0, 0.05) is 6.54 Å². The zero-order valence-electron chi connectivity index (χ0n) is 16.5. The van der Waals surface area contributed by atoms with Crippen LogP contribution in [-0.2, 0) is 17.9 Å². The van der Waals surface area contributed by atoms with Gasteiger partial charge in [-0.15, -0.1) is 0 Å². The summed E-state index contributed by atoms with van der Waals surface area (Å²) in [5.41, 5.74) is 3.25. The maximum atomic E-state index is 11.4. The molecule has 0 aromatic heterocycles. The monoisotopic (exact) mass is 371 g/mol. The van der Waals surface area contributed by atoms with Crippen LogP contribution in [0.25, 0.3) is 0 Å². The fourth-order valence-corrected chi connectivity index (χ4v) is 2.77. The smallest absolute Gasteiger partial charge is 0.320 e. The molecule has 1 atom stereocenters. The molecule has 2 aromatic rings. The SMILES string of the molecule is COc1cc(CNC(CC(C)C)C(=O)O)ccc1OCc1ccc(C)cc1. The molecule has 0 amide bonds. The lowest BCUT2D eigenvalue weighted by Gasteiger charge is -2.17. The van der Waals surface area contributed by atoms with E-state index in [4.69, 9.17) is 9.47 Å². The highest BCUT2D eigenvalue weighted by Crippen LogP contribution is 2.29. The van der Waals surface area contributed by atoms with Gasteiger partial charge in [0.25, 0.3) is 0 Å². The number of nitrogens with one attached hydrogen (secondary N) is 1. The lowest BCUT2D eigenvalue weighted by molar-refractivity contribution is -0.140. The van der Waals surface area contributed by atoms with Crippen molar-refractivity contribution in [1.29, 1.82) is 0 Å². The second-order valence-electron chi connectivity index (χ2n) is 7.16. The molecule has 0 heterocycles. The Kier molecular flexibility index (Phi) is 7.67. The van der Waals surface area contributed by atoms with E-state index in [0.29, 0.717) is 37.0 Å². The van der Waals surface area contributed by atoms with Gasteiger partial charge in [-0.1, -0.05) is 49.7 Å². The van der Waals surface area contributed by atoms with Crippen LogP contribution < -0.4 is 14.8 Å². The van der Waals surface area contributed by atoms with E-state index in [1.165, 1.54) is 5.56 Å². The Labute approximate surface area is 161 Å². The topological polar surface area (TPSA) is 67.8 Å². The maximum Gasteiger partial charge on any atom is 0.320 e. The Bertz CT molecular complexity index is 740. The van der Waals surface area contributed by atoms with Gasteiger partial charge in [-0.2, -0.15) is 0 Å². The second-order valence-corrected chi connectivity index (χ2v) is 7.16. The zero-order valence-corrected chi connectivity index (χ0v) is 16.5. The van der Waals surface area contributed by atoms with E-state index in [2.05, 4.69) is 24.4 Å². The summed E-state index contributed by atoms with van der Waals surface area (Å²) in [7, 11) is 1.60. The highest BCUT2D eigenvalue weighted by molar-refractivity contribution is 5.73. The van der Waals surface area contributed by atoms with Crippen molar-refractivity contribution in [3.8, 4) is 11.5 Å². The molecule has 5 nitrogen and oxygen atoms in total. The summed E-state index contributed by atoms with van der Waals surface area (Å²) in [5, 5.41) is 12.4. The molecule has 0 aliphatic carbocycles. The molecule has 0 saturated carbocycles. The van der Waals surface area contributed by atoms with Crippen molar-refractivity contribution in [3.05, 3.63) is 59.2 Å². The Hall–Kier alpha value is -2.53. The molecule has 0 saturated heterocycles. The first kappa shape index (κ1) is 20.8. The number of benzene rings is 2. The molecule has 2 aromatic carbocycles. The standard InChI is InChI=1S/C22H29NO4/c1-15(2)11-19(22(24)25)23-13-18-9-10-20(21(12-18)26-4)27-14-17-7-5-16(3)6-8-17/h5-10,12,15,19,23H,11,13-14H2,1-4H3,(H,24,25). The van der Waals surface area contributed by atoms with Crippen molar-refractivity contribution < 1.29 is 19.4 Å². The molecule has 0 bridgehead atoms. The average molecular weight is 371 g/mol. The predicted molar refractivity (Wildman–Crippen MR) is 106 cm³/mol. The summed E-state index contributed by atoms with van der Waals surface area (Å²) in [6, 6.07) is 13.3. The fourth-order valence-electron chi connectivity index (χ4n) is 2.77. The first-order chi connectivity index (χ1) is 12.9. The van der Waals surface area contributed by atoms with Gasteiger partial charge in [0.15, 0.2) is 11.5 Å². The summed E-state index contributed by atoms with van der Waals surface area (Å²) in [6.07, 6.45) is 0.588. The molecule has 2 rings (SSSR count). The number of carboxylic acids is 1. The Morgan fingerprint density at radius 2 is 1.74 bits per heavy atom. The van der Waals surface area contributed by atoms with Crippen molar-refractivity contribution in [2.45, 2.75) is 46.4 Å². The number of ether oxygens (including phenoxy) is 2. The Morgan fingerprint density at radius 1 is 1.07 bits per heavy atom. The van der Waals surface area contributed by atoms with Gasteiger partial charge < -0.3 is 19.9 Å². The van der Waals surface area contributed by atoms with E-state index >= 15 is 0 Å². The van der Waals surface area contributed by atoms with Gasteiger partial charge in [-0.05, 0) is 42.5 Å². The summed E-state index contributed by atoms with van der Waals surface area (Å²) in [4.78, 5) is 11.4. The van der Waals surface area contributed by atoms with Gasteiger partial charge in [0.1, 0.15) is 12.6 Å². The minimum atomic E-state index is -0.825. The quantitative estimate of drug-likeness (QED) is 0.656. The molecule has 5 heteroatoms. The van der Waals surface area contributed by atoms with Gasteiger partial charge in [-0.25, -0.2) is 0 Å². The summed E-state index contributed by atoms with van der Waals surface area (Å²) < 4.78 is 11.3. The van der Waals surface area contributed by atoms with Crippen LogP contribution in [0.4, 0.5) is 0 Å². The number of aryl methyl sites for hydroxylation is 1. The van der Waals surface area contributed by atoms with Gasteiger partial charge in [0.2, 0.25) is 0 Å². The van der Waals surface area contributed by atoms with Gasteiger partial charge >= 0.3 is 5.97 Å². The van der Waals surface area contributed by atoms with Crippen LogP contribution in [0.1, 0.15) is 37.0 Å². The zero-order chi connectivity index (χ0) is 19.8. The first-order valence-corrected chi connectivity index (χ1v) is 9.20. The molecule has 1 unspecified atom stereocenters. The van der Waals surface area contributed by atoms with E-state index in [-0.39, 0.29) is 0 Å². The number of rotatable bonds is 10. The van der Waals surface area contributed by atoms with E-state index in [1.807, 2.05) is 44.2 Å². The molecule has 0 aliphatic heterocycles. The van der Waals surface area contributed by atoms with Crippen molar-refractivity contribution in [3.63, 3.8) is 0 Å². The minimum Gasteiger partial charge on any atom is -0.493 e. The molecule has 0 spiro atoms. The third kappa shape index (κ3) is 6.61. The third-order valence-corrected chi connectivity index (χ3v) is 4.30. The van der Waals surface area contributed by atoms with Crippen LogP contribution >= 0.6 is 0 Å². The molecule has 2 N–H and O–H groups in total. The van der Waals surface area contributed by atoms with Crippen LogP contribution in [0.3, 0.4) is 0 Å². The van der Waals surface area contributed by atoms with Gasteiger partial charge in [-0.3, -0.25) is 4.79 Å². The minimum absolute atomic E-state index is 0.311. The normalized spacial score (nSPS) is 12.0. The average Bonchev–Trinajstić information content (AvgIpc) is 2.64. The van der Waals surface area contributed by atoms with E-state index < -0.39 is 12.0 Å². The van der Waals surface area contributed by atoms with E-state index in [1.54, 1.807) is 7.11 Å².